The number of hydrogen-bond acceptors (Lipinski definition) is 4. The number of nitrogens with zero attached hydrogens (tertiary/aromatic N) is 2. The molecule has 1 atom stereocenters. The molecule has 1 N–H and O–H groups in total. The summed E-state index contributed by atoms with van der Waals surface area (Å²) in [6, 6.07) is 6.97. The zero-order chi connectivity index (χ0) is 18.2. The number of carbonyl (C=O) groups excluding carboxylic acids is 2. The number of aliphatic carboxylic acids is 1. The summed E-state index contributed by atoms with van der Waals surface area (Å²) in [7, 11) is 3.22. The van der Waals surface area contributed by atoms with Crippen LogP contribution in [0, 0.1) is 5.92 Å². The predicted octanol–water partition coefficient (Wildman–Crippen LogP) is 1.23. The van der Waals surface area contributed by atoms with Crippen LogP contribution in [-0.4, -0.2) is 65.5 Å². The van der Waals surface area contributed by atoms with Crippen LogP contribution in [-0.2, 0) is 9.59 Å². The van der Waals surface area contributed by atoms with E-state index >= 15 is 0 Å². The van der Waals surface area contributed by atoms with Gasteiger partial charge in [0, 0.05) is 32.1 Å². The van der Waals surface area contributed by atoms with E-state index in [1.807, 2.05) is 0 Å². The zero-order valence-corrected chi connectivity index (χ0v) is 14.4. The summed E-state index contributed by atoms with van der Waals surface area (Å²) in [5, 5.41) is 9.50. The van der Waals surface area contributed by atoms with Gasteiger partial charge in [0.15, 0.2) is 0 Å². The fourth-order valence-electron chi connectivity index (χ4n) is 4.02. The van der Waals surface area contributed by atoms with Gasteiger partial charge in [0.2, 0.25) is 5.91 Å². The molecule has 25 heavy (non-hydrogen) atoms. The third-order valence-electron chi connectivity index (χ3n) is 5.60. The molecule has 3 rings (SSSR count). The van der Waals surface area contributed by atoms with Crippen molar-refractivity contribution in [3.8, 4) is 5.75 Å². The van der Waals surface area contributed by atoms with Crippen molar-refractivity contribution in [3.05, 3.63) is 29.8 Å². The normalized spacial score (nSPS) is 22.3. The third-order valence-corrected chi connectivity index (χ3v) is 5.60. The second-order valence-corrected chi connectivity index (χ2v) is 6.68. The number of rotatable bonds is 3. The van der Waals surface area contributed by atoms with E-state index in [1.165, 1.54) is 0 Å². The summed E-state index contributed by atoms with van der Waals surface area (Å²) in [6.07, 6.45) is 0.986. The topological polar surface area (TPSA) is 87.1 Å². The molecule has 2 aliphatic heterocycles. The number of piperidine rings is 1. The van der Waals surface area contributed by atoms with Gasteiger partial charge in [-0.05, 0) is 31.0 Å². The van der Waals surface area contributed by atoms with Crippen molar-refractivity contribution in [2.45, 2.75) is 24.8 Å². The Morgan fingerprint density at radius 1 is 1.28 bits per heavy atom. The van der Waals surface area contributed by atoms with Gasteiger partial charge in [-0.1, -0.05) is 6.07 Å². The van der Waals surface area contributed by atoms with Gasteiger partial charge in [0.1, 0.15) is 5.75 Å². The van der Waals surface area contributed by atoms with Gasteiger partial charge in [-0.2, -0.15) is 0 Å². The second-order valence-electron chi connectivity index (χ2n) is 6.68. The lowest BCUT2D eigenvalue weighted by Gasteiger charge is -2.45. The smallest absolute Gasteiger partial charge is 0.309 e. The van der Waals surface area contributed by atoms with Gasteiger partial charge in [-0.25, -0.2) is 0 Å². The van der Waals surface area contributed by atoms with Crippen LogP contribution in [0.5, 0.6) is 5.75 Å². The maximum atomic E-state index is 12.7. The van der Waals surface area contributed by atoms with Crippen molar-refractivity contribution in [3.63, 3.8) is 0 Å². The van der Waals surface area contributed by atoms with E-state index in [2.05, 4.69) is 0 Å². The molecule has 2 fully saturated rings. The number of likely N-dealkylation sites (tertiary alicyclic amines) is 2. The molecule has 134 valence electrons. The Morgan fingerprint density at radius 2 is 1.96 bits per heavy atom. The first-order chi connectivity index (χ1) is 11.9. The fraction of sp³-hybridized carbons (Fsp3) is 0.500. The van der Waals surface area contributed by atoms with Crippen LogP contribution >= 0.6 is 0 Å². The molecule has 0 saturated carbocycles. The van der Waals surface area contributed by atoms with Crippen LogP contribution in [0.2, 0.25) is 0 Å². The minimum atomic E-state index is -0.940. The number of ether oxygens (including phenoxy) is 1. The molecule has 0 aliphatic carbocycles. The first-order valence-corrected chi connectivity index (χ1v) is 8.32. The minimum absolute atomic E-state index is 0.0374. The van der Waals surface area contributed by atoms with Crippen molar-refractivity contribution in [2.75, 3.05) is 27.2 Å². The number of carbonyl (C=O) groups is 3. The first kappa shape index (κ1) is 17.3. The maximum Gasteiger partial charge on any atom is 0.309 e. The minimum Gasteiger partial charge on any atom is -0.497 e. The Hall–Kier alpha value is -2.57. The molecule has 1 aromatic carbocycles. The van der Waals surface area contributed by atoms with E-state index < -0.39 is 17.4 Å². The van der Waals surface area contributed by atoms with Crippen molar-refractivity contribution >= 4 is 17.8 Å². The lowest BCUT2D eigenvalue weighted by Crippen LogP contribution is -2.56. The number of methoxy groups -OCH3 is 1. The second kappa shape index (κ2) is 6.38. The number of hydrogen-bond donors (Lipinski definition) is 1. The highest BCUT2D eigenvalue weighted by molar-refractivity contribution is 5.95. The van der Waals surface area contributed by atoms with Crippen molar-refractivity contribution < 1.29 is 24.2 Å². The molecule has 2 heterocycles. The molecule has 2 amide bonds. The lowest BCUT2D eigenvalue weighted by atomic mass is 9.77. The fourth-order valence-corrected chi connectivity index (χ4v) is 4.02. The summed E-state index contributed by atoms with van der Waals surface area (Å²) in [6.45, 7) is 0.856. The SMILES string of the molecule is COc1cccc(C(=O)N2CCC3(CC2)[C@H](C(=O)O)CC(=O)N3C)c1. The number of carboxylic acid groups (broad SMARTS) is 1. The Bertz CT molecular complexity index is 709. The Kier molecular flexibility index (Phi) is 4.41. The molecular formula is C18H22N2O5. The zero-order valence-electron chi connectivity index (χ0n) is 14.4. The molecule has 7 nitrogen and oxygen atoms in total. The molecule has 1 spiro atoms. The number of carboxylic acids is 1. The Labute approximate surface area is 146 Å². The number of benzene rings is 1. The van der Waals surface area contributed by atoms with Gasteiger partial charge < -0.3 is 19.6 Å². The molecular weight excluding hydrogens is 324 g/mol. The average molecular weight is 346 g/mol. The van der Waals surface area contributed by atoms with E-state index in [-0.39, 0.29) is 18.2 Å². The number of amides is 2. The van der Waals surface area contributed by atoms with Crippen LogP contribution in [0.1, 0.15) is 29.6 Å². The van der Waals surface area contributed by atoms with E-state index in [4.69, 9.17) is 4.74 Å². The van der Waals surface area contributed by atoms with Gasteiger partial charge in [0.05, 0.1) is 18.6 Å². The summed E-state index contributed by atoms with van der Waals surface area (Å²) in [4.78, 5) is 39.6. The Morgan fingerprint density at radius 3 is 2.56 bits per heavy atom. The van der Waals surface area contributed by atoms with Crippen LogP contribution in [0.3, 0.4) is 0 Å². The molecule has 0 radical (unpaired) electrons. The van der Waals surface area contributed by atoms with Gasteiger partial charge in [0.25, 0.3) is 5.91 Å². The standard InChI is InChI=1S/C18H22N2O5/c1-19-15(21)11-14(17(23)24)18(19)6-8-20(9-7-18)16(22)12-4-3-5-13(10-12)25-2/h3-5,10,14H,6-9,11H2,1-2H3,(H,23,24)/t14-/m0/s1. The third kappa shape index (κ3) is 2.83. The highest BCUT2D eigenvalue weighted by Gasteiger charge is 2.55. The van der Waals surface area contributed by atoms with Crippen molar-refractivity contribution in [1.82, 2.24) is 9.80 Å². The largest absolute Gasteiger partial charge is 0.497 e. The molecule has 0 bridgehead atoms. The van der Waals surface area contributed by atoms with Crippen molar-refractivity contribution in [2.24, 2.45) is 5.92 Å². The summed E-state index contributed by atoms with van der Waals surface area (Å²) in [5.41, 5.74) is -0.144. The summed E-state index contributed by atoms with van der Waals surface area (Å²) in [5.74, 6) is -1.27. The predicted molar refractivity (Wildman–Crippen MR) is 89.4 cm³/mol. The first-order valence-electron chi connectivity index (χ1n) is 8.32. The Balaban J connectivity index is 1.75. The van der Waals surface area contributed by atoms with Crippen LogP contribution in [0.15, 0.2) is 24.3 Å². The summed E-state index contributed by atoms with van der Waals surface area (Å²) >= 11 is 0. The van der Waals surface area contributed by atoms with Crippen molar-refractivity contribution in [1.29, 1.82) is 0 Å². The highest BCUT2D eigenvalue weighted by Crippen LogP contribution is 2.43. The maximum absolute atomic E-state index is 12.7. The molecule has 0 unspecified atom stereocenters. The van der Waals surface area contributed by atoms with Crippen LogP contribution in [0.4, 0.5) is 0 Å². The van der Waals surface area contributed by atoms with E-state index in [0.717, 1.165) is 0 Å². The van der Waals surface area contributed by atoms with E-state index in [1.54, 1.807) is 48.2 Å². The molecule has 1 aromatic rings. The highest BCUT2D eigenvalue weighted by atomic mass is 16.5. The average Bonchev–Trinajstić information content (AvgIpc) is 2.87. The lowest BCUT2D eigenvalue weighted by molar-refractivity contribution is -0.145. The molecule has 0 aromatic heterocycles. The van der Waals surface area contributed by atoms with Gasteiger partial charge in [-0.15, -0.1) is 0 Å². The van der Waals surface area contributed by atoms with Gasteiger partial charge >= 0.3 is 5.97 Å². The molecule has 7 heteroatoms. The van der Waals surface area contributed by atoms with Crippen LogP contribution in [0.25, 0.3) is 0 Å². The monoisotopic (exact) mass is 346 g/mol. The quantitative estimate of drug-likeness (QED) is 0.890. The summed E-state index contributed by atoms with van der Waals surface area (Å²) < 4.78 is 5.15. The van der Waals surface area contributed by atoms with Crippen LogP contribution < -0.4 is 4.74 Å². The van der Waals surface area contributed by atoms with E-state index in [0.29, 0.717) is 37.2 Å². The van der Waals surface area contributed by atoms with E-state index in [9.17, 15) is 19.5 Å². The van der Waals surface area contributed by atoms with Gasteiger partial charge in [-0.3, -0.25) is 14.4 Å². The molecule has 2 aliphatic rings. The molecule has 2 saturated heterocycles.